The summed E-state index contributed by atoms with van der Waals surface area (Å²) in [5.74, 6) is -4.29. The lowest BCUT2D eigenvalue weighted by Gasteiger charge is -2.68. The molecule has 3 saturated carbocycles. The Kier molecular flexibility index (Phi) is 9.65. The third-order valence-corrected chi connectivity index (χ3v) is 12.4. The summed E-state index contributed by atoms with van der Waals surface area (Å²) in [6.45, 7) is 14.7. The maximum atomic E-state index is 14.6. The number of alkyl carbamates (subject to hydrolysis) is 1. The van der Waals surface area contributed by atoms with Gasteiger partial charge in [-0.05, 0) is 76.5 Å². The van der Waals surface area contributed by atoms with E-state index in [4.69, 9.17) is 14.2 Å². The van der Waals surface area contributed by atoms with Gasteiger partial charge in [0, 0.05) is 30.6 Å². The normalized spacial score (nSPS) is 37.4. The average molecular weight is 700 g/mol. The highest BCUT2D eigenvalue weighted by Gasteiger charge is 2.74. The number of hydrogen-bond acceptors (Lipinski definition) is 11. The molecule has 0 radical (unpaired) electrons. The van der Waals surface area contributed by atoms with E-state index in [1.807, 2.05) is 0 Å². The van der Waals surface area contributed by atoms with Crippen molar-refractivity contribution in [2.75, 3.05) is 0 Å². The predicted molar refractivity (Wildman–Crippen MR) is 180 cm³/mol. The standard InChI is InChI=1S/C38H53NO11/c1-19-24(48-32(45)29(43)27(22-13-11-10-12-14-22)39-33(46)50-34(4,5)6)18-38(47)20(2)30-36(9,31(44)28(42)26(19)35(38,7)8)25(41)17-23-15-16-37(23,30)49-21(3)40/h10-14,20,23-25,27-30,41-43,47H,15-18H2,1-9H3,(H,39,46)/t20-,23+,24-,25-,27-,28+,29+,30-,36+,37-,38+/m0/s1. The largest absolute Gasteiger partial charge is 0.459 e. The average Bonchev–Trinajstić information content (AvgIpc) is 3.01. The van der Waals surface area contributed by atoms with E-state index in [0.717, 1.165) is 0 Å². The van der Waals surface area contributed by atoms with Gasteiger partial charge in [-0.2, -0.15) is 0 Å². The number of ketones is 1. The Labute approximate surface area is 293 Å². The van der Waals surface area contributed by atoms with E-state index in [-0.39, 0.29) is 24.3 Å². The van der Waals surface area contributed by atoms with Crippen molar-refractivity contribution in [1.82, 2.24) is 5.32 Å². The highest BCUT2D eigenvalue weighted by Crippen LogP contribution is 2.68. The summed E-state index contributed by atoms with van der Waals surface area (Å²) in [7, 11) is 0. The van der Waals surface area contributed by atoms with Crippen molar-refractivity contribution >= 4 is 23.8 Å². The van der Waals surface area contributed by atoms with Crippen LogP contribution in [0.2, 0.25) is 0 Å². The van der Waals surface area contributed by atoms with Crippen LogP contribution in [0.25, 0.3) is 0 Å². The van der Waals surface area contributed by atoms with Gasteiger partial charge in [-0.15, -0.1) is 0 Å². The minimum atomic E-state index is -1.92. The number of fused-ring (bicyclic) bond motifs is 5. The van der Waals surface area contributed by atoms with E-state index in [1.54, 1.807) is 85.7 Å². The summed E-state index contributed by atoms with van der Waals surface area (Å²) in [5, 5.41) is 50.5. The Balaban J connectivity index is 1.56. The van der Waals surface area contributed by atoms with Crippen LogP contribution in [0.15, 0.2) is 41.5 Å². The smallest absolute Gasteiger partial charge is 0.408 e. The number of Topliss-reactive ketones (excluding diaryl/α,β-unsaturated/α-hetero) is 1. The molecule has 3 fully saturated rings. The Morgan fingerprint density at radius 2 is 1.68 bits per heavy atom. The first-order valence-electron chi connectivity index (χ1n) is 17.5. The molecule has 0 saturated heterocycles. The monoisotopic (exact) mass is 699 g/mol. The fourth-order valence-electron chi connectivity index (χ4n) is 9.83. The van der Waals surface area contributed by atoms with Crippen molar-refractivity contribution in [2.45, 2.75) is 135 Å². The number of aliphatic hydroxyl groups is 4. The van der Waals surface area contributed by atoms with Crippen LogP contribution in [-0.2, 0) is 28.6 Å². The minimum Gasteiger partial charge on any atom is -0.459 e. The molecule has 1 aromatic rings. The summed E-state index contributed by atoms with van der Waals surface area (Å²) in [6, 6.07) is 7.09. The number of nitrogens with one attached hydrogen (secondary N) is 1. The van der Waals surface area contributed by atoms with Crippen molar-refractivity contribution < 1.29 is 53.8 Å². The van der Waals surface area contributed by atoms with Gasteiger partial charge in [-0.1, -0.05) is 51.1 Å². The molecule has 1 aromatic carbocycles. The van der Waals surface area contributed by atoms with Crippen LogP contribution >= 0.6 is 0 Å². The van der Waals surface area contributed by atoms with Crippen LogP contribution < -0.4 is 5.32 Å². The van der Waals surface area contributed by atoms with Gasteiger partial charge in [0.25, 0.3) is 0 Å². The van der Waals surface area contributed by atoms with Gasteiger partial charge in [-0.3, -0.25) is 9.59 Å². The molecule has 11 atom stereocenters. The highest BCUT2D eigenvalue weighted by atomic mass is 16.6. The topological polar surface area (TPSA) is 189 Å². The zero-order valence-corrected chi connectivity index (χ0v) is 30.5. The molecule has 0 spiro atoms. The third kappa shape index (κ3) is 5.85. The summed E-state index contributed by atoms with van der Waals surface area (Å²) in [6.07, 6.45) is -5.86. The molecule has 5 rings (SSSR count). The minimum absolute atomic E-state index is 0.158. The van der Waals surface area contributed by atoms with Crippen molar-refractivity contribution in [3.63, 3.8) is 0 Å². The maximum absolute atomic E-state index is 14.6. The Bertz CT molecular complexity index is 1570. The van der Waals surface area contributed by atoms with E-state index in [1.165, 1.54) is 6.92 Å². The van der Waals surface area contributed by atoms with Gasteiger partial charge >= 0.3 is 18.0 Å². The number of carbonyl (C=O) groups is 4. The van der Waals surface area contributed by atoms with E-state index in [2.05, 4.69) is 5.32 Å². The van der Waals surface area contributed by atoms with Crippen LogP contribution in [-0.4, -0.2) is 85.5 Å². The highest BCUT2D eigenvalue weighted by molar-refractivity contribution is 5.93. The second-order valence-corrected chi connectivity index (χ2v) is 16.6. The quantitative estimate of drug-likeness (QED) is 0.166. The molecule has 276 valence electrons. The Hall–Kier alpha value is -3.32. The molecular formula is C38H53NO11. The van der Waals surface area contributed by atoms with Crippen LogP contribution in [0.5, 0.6) is 0 Å². The number of benzene rings is 1. The molecular weight excluding hydrogens is 646 g/mol. The first-order chi connectivity index (χ1) is 23.0. The second kappa shape index (κ2) is 12.7. The Morgan fingerprint density at radius 1 is 1.06 bits per heavy atom. The van der Waals surface area contributed by atoms with Crippen molar-refractivity contribution in [1.29, 1.82) is 0 Å². The van der Waals surface area contributed by atoms with Crippen LogP contribution in [0.3, 0.4) is 0 Å². The molecule has 4 aliphatic carbocycles. The second-order valence-electron chi connectivity index (χ2n) is 16.6. The molecule has 12 nitrogen and oxygen atoms in total. The molecule has 0 aliphatic heterocycles. The zero-order valence-electron chi connectivity index (χ0n) is 30.5. The third-order valence-electron chi connectivity index (χ3n) is 12.4. The summed E-state index contributed by atoms with van der Waals surface area (Å²) >= 11 is 0. The number of carbonyl (C=O) groups excluding carboxylic acids is 4. The lowest BCUT2D eigenvalue weighted by molar-refractivity contribution is -0.282. The van der Waals surface area contributed by atoms with Crippen LogP contribution in [0.4, 0.5) is 4.79 Å². The summed E-state index contributed by atoms with van der Waals surface area (Å²) in [4.78, 5) is 53.7. The molecule has 4 aliphatic rings. The van der Waals surface area contributed by atoms with Crippen LogP contribution in [0.1, 0.15) is 99.6 Å². The van der Waals surface area contributed by atoms with Gasteiger partial charge in [-0.25, -0.2) is 9.59 Å². The lowest BCUT2D eigenvalue weighted by atomic mass is 9.39. The number of ether oxygens (including phenoxy) is 3. The van der Waals surface area contributed by atoms with Crippen LogP contribution in [0, 0.1) is 28.6 Å². The van der Waals surface area contributed by atoms with Gasteiger partial charge in [0.05, 0.1) is 23.2 Å². The molecule has 0 heterocycles. The number of rotatable bonds is 6. The van der Waals surface area contributed by atoms with E-state index in [0.29, 0.717) is 24.0 Å². The first-order valence-corrected chi connectivity index (χ1v) is 17.5. The van der Waals surface area contributed by atoms with E-state index < -0.39 is 93.7 Å². The number of hydrogen-bond donors (Lipinski definition) is 5. The summed E-state index contributed by atoms with van der Waals surface area (Å²) < 4.78 is 17.4. The van der Waals surface area contributed by atoms with Crippen molar-refractivity contribution in [2.24, 2.45) is 28.6 Å². The number of amides is 1. The molecule has 0 aromatic heterocycles. The molecule has 2 bridgehead atoms. The van der Waals surface area contributed by atoms with Crippen molar-refractivity contribution in [3.05, 3.63) is 47.0 Å². The SMILES string of the molecule is CC(=O)O[C@@]12CC[C@@H]1C[C@H](O)[C@@]1(C)C(=O)[C@H](O)C3=C(C)[C@@H](OC(=O)[C@H](O)[C@@H](NC(=O)OC(C)(C)C)c4ccccc4)C[C@@](O)([C@@H](C)[C@H]21)C3(C)C. The fraction of sp³-hybridized carbons (Fsp3) is 0.684. The molecule has 1 amide bonds. The van der Waals surface area contributed by atoms with E-state index in [9.17, 15) is 39.6 Å². The van der Waals surface area contributed by atoms with E-state index >= 15 is 0 Å². The predicted octanol–water partition coefficient (Wildman–Crippen LogP) is 3.68. The molecule has 0 unspecified atom stereocenters. The first kappa shape index (κ1) is 37.9. The fourth-order valence-corrected chi connectivity index (χ4v) is 9.83. The Morgan fingerprint density at radius 3 is 2.22 bits per heavy atom. The number of aliphatic hydroxyl groups excluding tert-OH is 3. The van der Waals surface area contributed by atoms with Gasteiger partial charge in [0.1, 0.15) is 23.4 Å². The lowest BCUT2D eigenvalue weighted by Crippen LogP contribution is -2.76. The van der Waals surface area contributed by atoms with Gasteiger partial charge < -0.3 is 40.0 Å². The molecule has 50 heavy (non-hydrogen) atoms. The van der Waals surface area contributed by atoms with Gasteiger partial charge in [0.2, 0.25) is 0 Å². The molecule has 12 heteroatoms. The zero-order chi connectivity index (χ0) is 37.4. The maximum Gasteiger partial charge on any atom is 0.408 e. The van der Waals surface area contributed by atoms with Crippen molar-refractivity contribution in [3.8, 4) is 0 Å². The number of esters is 2. The summed E-state index contributed by atoms with van der Waals surface area (Å²) in [5.41, 5.74) is -5.74. The molecule has 5 N–H and O–H groups in total. The van der Waals surface area contributed by atoms with Gasteiger partial charge in [0.15, 0.2) is 11.9 Å².